The Morgan fingerprint density at radius 2 is 1.07 bits per heavy atom. The second-order valence-corrected chi connectivity index (χ2v) is 9.58. The number of ketones is 1. The smallest absolute Gasteiger partial charge is 0.336 e. The van der Waals surface area contributed by atoms with E-state index in [1.807, 2.05) is 48.5 Å². The molecule has 0 aromatic heterocycles. The molecule has 40 heavy (non-hydrogen) atoms. The molecule has 0 spiro atoms. The molecular formula is C35H40O5. The number of rotatable bonds is 17. The highest BCUT2D eigenvalue weighted by atomic mass is 16.5. The van der Waals surface area contributed by atoms with Crippen LogP contribution in [0.4, 0.5) is 0 Å². The molecule has 3 rings (SSSR count). The molecule has 0 aliphatic heterocycles. The number of unbranched alkanes of at least 4 members (excludes halogenated alkanes) is 5. The Balaban J connectivity index is 1.42. The van der Waals surface area contributed by atoms with Crippen molar-refractivity contribution in [2.75, 3.05) is 13.2 Å². The van der Waals surface area contributed by atoms with Gasteiger partial charge >= 0.3 is 5.97 Å². The third-order valence-corrected chi connectivity index (χ3v) is 6.24. The number of esters is 1. The average Bonchev–Trinajstić information content (AvgIpc) is 2.98. The summed E-state index contributed by atoms with van der Waals surface area (Å²) in [6.45, 7) is 5.75. The van der Waals surface area contributed by atoms with E-state index in [2.05, 4.69) is 13.8 Å². The Labute approximate surface area is 238 Å². The van der Waals surface area contributed by atoms with Crippen molar-refractivity contribution in [1.82, 2.24) is 0 Å². The monoisotopic (exact) mass is 540 g/mol. The van der Waals surface area contributed by atoms with E-state index >= 15 is 0 Å². The van der Waals surface area contributed by atoms with Gasteiger partial charge in [-0.1, -0.05) is 76.3 Å². The maximum Gasteiger partial charge on any atom is 0.336 e. The summed E-state index contributed by atoms with van der Waals surface area (Å²) < 4.78 is 16.8. The Kier molecular flexibility index (Phi) is 13.3. The van der Waals surface area contributed by atoms with Gasteiger partial charge in [0.1, 0.15) is 17.2 Å². The minimum Gasteiger partial charge on any atom is -0.494 e. The van der Waals surface area contributed by atoms with Crippen molar-refractivity contribution in [2.24, 2.45) is 0 Å². The normalized spacial score (nSPS) is 11.2. The lowest BCUT2D eigenvalue weighted by Gasteiger charge is -2.06. The highest BCUT2D eigenvalue weighted by molar-refractivity contribution is 6.06. The third kappa shape index (κ3) is 11.3. The fourth-order valence-corrected chi connectivity index (χ4v) is 3.85. The number of hydrogen-bond donors (Lipinski definition) is 0. The topological polar surface area (TPSA) is 61.8 Å². The van der Waals surface area contributed by atoms with E-state index in [1.54, 1.807) is 36.4 Å². The highest BCUT2D eigenvalue weighted by Gasteiger charge is 2.05. The van der Waals surface area contributed by atoms with Crippen molar-refractivity contribution in [1.29, 1.82) is 0 Å². The minimum atomic E-state index is -0.494. The highest BCUT2D eigenvalue weighted by Crippen LogP contribution is 2.17. The predicted molar refractivity (Wildman–Crippen MR) is 162 cm³/mol. The third-order valence-electron chi connectivity index (χ3n) is 6.24. The molecule has 0 saturated heterocycles. The molecule has 5 nitrogen and oxygen atoms in total. The Bertz CT molecular complexity index is 1220. The van der Waals surface area contributed by atoms with Crippen LogP contribution in [0, 0.1) is 0 Å². The molecule has 0 saturated carbocycles. The quantitative estimate of drug-likeness (QED) is 0.0563. The zero-order valence-corrected chi connectivity index (χ0v) is 23.6. The largest absolute Gasteiger partial charge is 0.494 e. The second-order valence-electron chi connectivity index (χ2n) is 9.58. The number of carbonyl (C=O) groups excluding carboxylic acids is 2. The Morgan fingerprint density at radius 3 is 1.65 bits per heavy atom. The summed E-state index contributed by atoms with van der Waals surface area (Å²) in [6, 6.07) is 21.8. The van der Waals surface area contributed by atoms with Gasteiger partial charge in [0.15, 0.2) is 5.78 Å². The van der Waals surface area contributed by atoms with E-state index in [0.29, 0.717) is 17.9 Å². The minimum absolute atomic E-state index is 0.132. The molecule has 210 valence electrons. The maximum absolute atomic E-state index is 12.6. The van der Waals surface area contributed by atoms with Crippen LogP contribution in [-0.2, 0) is 4.79 Å². The van der Waals surface area contributed by atoms with Crippen LogP contribution in [0.3, 0.4) is 0 Å². The van der Waals surface area contributed by atoms with Gasteiger partial charge in [-0.2, -0.15) is 0 Å². The summed E-state index contributed by atoms with van der Waals surface area (Å²) in [5.74, 6) is 1.39. The van der Waals surface area contributed by atoms with Crippen LogP contribution in [0.2, 0.25) is 0 Å². The summed E-state index contributed by atoms with van der Waals surface area (Å²) in [4.78, 5) is 24.8. The number of allylic oxidation sites excluding steroid dienone is 1. The summed E-state index contributed by atoms with van der Waals surface area (Å²) in [7, 11) is 0. The molecular weight excluding hydrogens is 500 g/mol. The van der Waals surface area contributed by atoms with Crippen LogP contribution >= 0.6 is 0 Å². The van der Waals surface area contributed by atoms with Crippen LogP contribution < -0.4 is 14.2 Å². The Hall–Kier alpha value is -4.12. The maximum atomic E-state index is 12.6. The lowest BCUT2D eigenvalue weighted by atomic mass is 10.1. The van der Waals surface area contributed by atoms with Crippen molar-refractivity contribution in [3.05, 3.63) is 102 Å². The zero-order chi connectivity index (χ0) is 28.4. The number of ether oxygens (including phenoxy) is 3. The van der Waals surface area contributed by atoms with Gasteiger partial charge in [-0.15, -0.1) is 0 Å². The summed E-state index contributed by atoms with van der Waals surface area (Å²) >= 11 is 0. The van der Waals surface area contributed by atoms with Gasteiger partial charge in [0.2, 0.25) is 0 Å². The van der Waals surface area contributed by atoms with Gasteiger partial charge in [0.25, 0.3) is 0 Å². The van der Waals surface area contributed by atoms with Gasteiger partial charge in [0.05, 0.1) is 13.2 Å². The molecule has 0 radical (unpaired) electrons. The molecule has 3 aromatic rings. The first kappa shape index (κ1) is 30.4. The molecule has 0 heterocycles. The summed E-state index contributed by atoms with van der Waals surface area (Å²) in [6.07, 6.45) is 14.5. The average molecular weight is 541 g/mol. The fourth-order valence-electron chi connectivity index (χ4n) is 3.85. The van der Waals surface area contributed by atoms with Crippen molar-refractivity contribution in [2.45, 2.75) is 58.8 Å². The first-order valence-electron chi connectivity index (χ1n) is 14.3. The first-order valence-corrected chi connectivity index (χ1v) is 14.3. The standard InChI is InChI=1S/C35H40O5/c1-3-5-7-8-9-27-39-32-18-10-28(11-19-32)14-24-34(36)30-16-22-33(23-17-30)40-35(37)25-15-29-12-20-31(21-13-29)38-26-6-4-2/h10-25H,3-9,26-27H2,1-2H3/b24-14+,25-15+. The fraction of sp³-hybridized carbons (Fsp3) is 0.314. The van der Waals surface area contributed by atoms with E-state index in [-0.39, 0.29) is 5.78 Å². The molecule has 0 aliphatic rings. The van der Waals surface area contributed by atoms with Crippen LogP contribution in [0.25, 0.3) is 12.2 Å². The number of benzene rings is 3. The van der Waals surface area contributed by atoms with E-state index in [0.717, 1.165) is 48.5 Å². The van der Waals surface area contributed by atoms with E-state index < -0.39 is 5.97 Å². The van der Waals surface area contributed by atoms with Crippen LogP contribution in [-0.4, -0.2) is 25.0 Å². The molecule has 0 bridgehead atoms. The molecule has 0 fully saturated rings. The second kappa shape index (κ2) is 17.5. The van der Waals surface area contributed by atoms with Crippen molar-refractivity contribution < 1.29 is 23.8 Å². The lowest BCUT2D eigenvalue weighted by Crippen LogP contribution is -2.04. The molecule has 0 aliphatic carbocycles. The van der Waals surface area contributed by atoms with Crippen molar-refractivity contribution in [3.63, 3.8) is 0 Å². The molecule has 0 atom stereocenters. The zero-order valence-electron chi connectivity index (χ0n) is 23.6. The summed E-state index contributed by atoms with van der Waals surface area (Å²) in [5.41, 5.74) is 2.29. The molecule has 0 N–H and O–H groups in total. The molecule has 3 aromatic carbocycles. The van der Waals surface area contributed by atoms with E-state index in [9.17, 15) is 9.59 Å². The Morgan fingerprint density at radius 1 is 0.575 bits per heavy atom. The summed E-state index contributed by atoms with van der Waals surface area (Å²) in [5, 5.41) is 0. The van der Waals surface area contributed by atoms with Crippen molar-refractivity contribution >= 4 is 23.9 Å². The van der Waals surface area contributed by atoms with Gasteiger partial charge in [-0.25, -0.2) is 4.79 Å². The van der Waals surface area contributed by atoms with E-state index in [4.69, 9.17) is 14.2 Å². The lowest BCUT2D eigenvalue weighted by molar-refractivity contribution is -0.128. The van der Waals surface area contributed by atoms with Crippen LogP contribution in [0.15, 0.2) is 84.9 Å². The van der Waals surface area contributed by atoms with Gasteiger partial charge in [-0.05, 0) is 84.7 Å². The van der Waals surface area contributed by atoms with Crippen molar-refractivity contribution in [3.8, 4) is 17.2 Å². The van der Waals surface area contributed by atoms with E-state index in [1.165, 1.54) is 37.8 Å². The number of carbonyl (C=O) groups is 2. The SMILES string of the molecule is CCCCCCCOc1ccc(/C=C/C(=O)c2ccc(OC(=O)/C=C/c3ccc(OCCCC)cc3)cc2)cc1. The van der Waals surface area contributed by atoms with Gasteiger partial charge in [0, 0.05) is 11.6 Å². The first-order chi connectivity index (χ1) is 19.6. The number of hydrogen-bond acceptors (Lipinski definition) is 5. The molecule has 0 unspecified atom stereocenters. The van der Waals surface area contributed by atoms with Gasteiger partial charge < -0.3 is 14.2 Å². The molecule has 0 amide bonds. The van der Waals surface area contributed by atoms with Crippen LogP contribution in [0.1, 0.15) is 80.3 Å². The van der Waals surface area contributed by atoms with Gasteiger partial charge in [-0.3, -0.25) is 4.79 Å². The van der Waals surface area contributed by atoms with Crippen LogP contribution in [0.5, 0.6) is 17.2 Å². The molecule has 5 heteroatoms. The predicted octanol–water partition coefficient (Wildman–Crippen LogP) is 8.73.